The first-order chi connectivity index (χ1) is 14.5. The van der Waals surface area contributed by atoms with Crippen LogP contribution in [0.3, 0.4) is 0 Å². The lowest BCUT2D eigenvalue weighted by Gasteiger charge is -2.26. The van der Waals surface area contributed by atoms with Crippen LogP contribution in [0.25, 0.3) is 0 Å². The zero-order valence-corrected chi connectivity index (χ0v) is 16.0. The van der Waals surface area contributed by atoms with Gasteiger partial charge in [-0.1, -0.05) is 37.3 Å². The molecule has 4 nitrogen and oxygen atoms in total. The Morgan fingerprint density at radius 1 is 0.812 bits per heavy atom. The van der Waals surface area contributed by atoms with Gasteiger partial charge in [-0.15, -0.1) is 0 Å². The maximum Gasteiger partial charge on any atom is 0.434 e. The number of halogens is 10. The van der Waals surface area contributed by atoms with Gasteiger partial charge in [-0.3, -0.25) is 9.59 Å². The van der Waals surface area contributed by atoms with Crippen LogP contribution in [0.1, 0.15) is 24.8 Å². The number of carbonyl (C=O) groups excluding carboxylic acids is 2. The van der Waals surface area contributed by atoms with Gasteiger partial charge in [0.15, 0.2) is 0 Å². The summed E-state index contributed by atoms with van der Waals surface area (Å²) >= 11 is 0. The second-order valence-electron chi connectivity index (χ2n) is 6.62. The Morgan fingerprint density at radius 3 is 1.72 bits per heavy atom. The Balaban J connectivity index is 3.10. The fraction of sp³-hybridized carbons (Fsp3) is 0.556. The summed E-state index contributed by atoms with van der Waals surface area (Å²) in [5.74, 6) is -7.24. The van der Waals surface area contributed by atoms with Gasteiger partial charge in [0.05, 0.1) is 11.8 Å². The van der Waals surface area contributed by atoms with E-state index >= 15 is 0 Å². The summed E-state index contributed by atoms with van der Waals surface area (Å²) < 4.78 is 134. The minimum absolute atomic E-state index is 0.0693. The predicted molar refractivity (Wildman–Crippen MR) is 86.9 cm³/mol. The van der Waals surface area contributed by atoms with E-state index in [-0.39, 0.29) is 5.56 Å². The summed E-state index contributed by atoms with van der Waals surface area (Å²) in [7, 11) is 0. The monoisotopic (exact) mass is 486 g/mol. The summed E-state index contributed by atoms with van der Waals surface area (Å²) in [5.41, 5.74) is -0.0693. The molecule has 0 aliphatic heterocycles. The van der Waals surface area contributed by atoms with Crippen molar-refractivity contribution >= 4 is 11.9 Å². The van der Waals surface area contributed by atoms with Gasteiger partial charge in [0.2, 0.25) is 6.10 Å². The summed E-state index contributed by atoms with van der Waals surface area (Å²) in [6.07, 6.45) is -25.7. The van der Waals surface area contributed by atoms with E-state index in [1.807, 2.05) is 0 Å². The minimum Gasteiger partial charge on any atom is -0.449 e. The van der Waals surface area contributed by atoms with Gasteiger partial charge in [-0.05, 0) is 12.0 Å². The highest BCUT2D eigenvalue weighted by Gasteiger charge is 2.60. The van der Waals surface area contributed by atoms with Gasteiger partial charge in [-0.25, -0.2) is 4.39 Å². The number of alkyl halides is 10. The Labute approximate surface area is 174 Å². The number of esters is 2. The third-order valence-corrected chi connectivity index (χ3v) is 4.07. The van der Waals surface area contributed by atoms with E-state index in [4.69, 9.17) is 0 Å². The molecule has 0 aliphatic carbocycles. The smallest absolute Gasteiger partial charge is 0.434 e. The Kier molecular flexibility index (Phi) is 8.92. The van der Waals surface area contributed by atoms with Crippen LogP contribution >= 0.6 is 0 Å². The van der Waals surface area contributed by atoms with Crippen molar-refractivity contribution in [3.63, 3.8) is 0 Å². The Bertz CT molecular complexity index is 744. The molecule has 0 saturated carbocycles. The second kappa shape index (κ2) is 10.4. The molecule has 1 aromatic carbocycles. The third kappa shape index (κ3) is 7.86. The molecule has 0 amide bonds. The second-order valence-corrected chi connectivity index (χ2v) is 6.62. The van der Waals surface area contributed by atoms with Crippen molar-refractivity contribution in [1.82, 2.24) is 0 Å². The highest BCUT2D eigenvalue weighted by Crippen LogP contribution is 2.37. The van der Waals surface area contributed by atoms with Crippen molar-refractivity contribution in [3.8, 4) is 0 Å². The van der Waals surface area contributed by atoms with Crippen LogP contribution in [0.5, 0.6) is 0 Å². The van der Waals surface area contributed by atoms with Crippen LogP contribution in [-0.4, -0.2) is 49.4 Å². The third-order valence-electron chi connectivity index (χ3n) is 4.07. The number of carbonyl (C=O) groups is 2. The number of rotatable bonds is 8. The molecule has 1 aromatic rings. The minimum atomic E-state index is -5.98. The fourth-order valence-corrected chi connectivity index (χ4v) is 2.46. The van der Waals surface area contributed by atoms with Crippen LogP contribution in [0.4, 0.5) is 43.9 Å². The van der Waals surface area contributed by atoms with Crippen molar-refractivity contribution < 1.29 is 63.0 Å². The lowest BCUT2D eigenvalue weighted by Crippen LogP contribution is -2.46. The highest BCUT2D eigenvalue weighted by atomic mass is 19.4. The molecular formula is C18H16F10O4. The summed E-state index contributed by atoms with van der Waals surface area (Å²) in [5, 5.41) is 0. The molecule has 182 valence electrons. The first kappa shape index (κ1) is 27.5. The van der Waals surface area contributed by atoms with E-state index < -0.39 is 67.6 Å². The Morgan fingerprint density at radius 2 is 1.31 bits per heavy atom. The van der Waals surface area contributed by atoms with E-state index in [0.717, 1.165) is 6.92 Å². The SMILES string of the molecule is CC(CC(C(=O)OC(CF)C(F)(F)F)c1ccccc1)C(=O)OC(C(F)(F)F)C(F)(F)F. The number of hydrogen-bond donors (Lipinski definition) is 0. The van der Waals surface area contributed by atoms with Crippen molar-refractivity contribution in [1.29, 1.82) is 0 Å². The number of benzene rings is 1. The standard InChI is InChI=1S/C18H16F10O4/c1-9(13(29)32-15(17(23,24)25)18(26,27)28)7-11(10-5-3-2-4-6-10)14(30)31-12(8-19)16(20,21)22/h2-6,9,11-12,15H,7-8H2,1H3. The van der Waals surface area contributed by atoms with Gasteiger partial charge in [0.25, 0.3) is 6.10 Å². The molecule has 14 heteroatoms. The van der Waals surface area contributed by atoms with E-state index in [2.05, 4.69) is 9.47 Å². The first-order valence-corrected chi connectivity index (χ1v) is 8.70. The van der Waals surface area contributed by atoms with Crippen LogP contribution in [0.15, 0.2) is 30.3 Å². The average Bonchev–Trinajstić information content (AvgIpc) is 2.65. The van der Waals surface area contributed by atoms with Crippen molar-refractivity contribution in [3.05, 3.63) is 35.9 Å². The molecule has 3 atom stereocenters. The van der Waals surface area contributed by atoms with E-state index in [9.17, 15) is 53.5 Å². The van der Waals surface area contributed by atoms with Crippen molar-refractivity contribution in [2.75, 3.05) is 6.67 Å². The van der Waals surface area contributed by atoms with Crippen LogP contribution in [-0.2, 0) is 19.1 Å². The van der Waals surface area contributed by atoms with Crippen LogP contribution in [0, 0.1) is 5.92 Å². The molecule has 0 bridgehead atoms. The topological polar surface area (TPSA) is 52.6 Å². The molecule has 1 rings (SSSR count). The number of hydrogen-bond acceptors (Lipinski definition) is 4. The largest absolute Gasteiger partial charge is 0.449 e. The van der Waals surface area contributed by atoms with E-state index in [0.29, 0.717) is 0 Å². The average molecular weight is 486 g/mol. The lowest BCUT2D eigenvalue weighted by molar-refractivity contribution is -0.314. The molecule has 0 radical (unpaired) electrons. The van der Waals surface area contributed by atoms with Gasteiger partial charge in [0.1, 0.15) is 6.67 Å². The molecule has 0 fully saturated rings. The molecular weight excluding hydrogens is 470 g/mol. The van der Waals surface area contributed by atoms with Crippen LogP contribution in [0.2, 0.25) is 0 Å². The molecule has 32 heavy (non-hydrogen) atoms. The summed E-state index contributed by atoms with van der Waals surface area (Å²) in [6.45, 7) is -1.32. The zero-order valence-electron chi connectivity index (χ0n) is 16.0. The molecule has 0 heterocycles. The normalized spacial score (nSPS) is 15.8. The quantitative estimate of drug-likeness (QED) is 0.371. The zero-order chi connectivity index (χ0) is 24.9. The van der Waals surface area contributed by atoms with Gasteiger partial charge in [0, 0.05) is 0 Å². The lowest BCUT2D eigenvalue weighted by atomic mass is 9.89. The number of ether oxygens (including phenoxy) is 2. The van der Waals surface area contributed by atoms with Crippen LogP contribution < -0.4 is 0 Å². The Hall–Kier alpha value is -2.54. The predicted octanol–water partition coefficient (Wildman–Crippen LogP) is 5.28. The van der Waals surface area contributed by atoms with Crippen molar-refractivity contribution in [2.24, 2.45) is 5.92 Å². The first-order valence-electron chi connectivity index (χ1n) is 8.70. The summed E-state index contributed by atoms with van der Waals surface area (Å²) in [6, 6.07) is 6.45. The molecule has 0 N–H and O–H groups in total. The molecule has 0 aliphatic rings. The van der Waals surface area contributed by atoms with Crippen molar-refractivity contribution in [2.45, 2.75) is 50.0 Å². The van der Waals surface area contributed by atoms with Gasteiger partial charge >= 0.3 is 30.5 Å². The van der Waals surface area contributed by atoms with Gasteiger partial charge < -0.3 is 9.47 Å². The molecule has 0 aromatic heterocycles. The molecule has 3 unspecified atom stereocenters. The highest BCUT2D eigenvalue weighted by molar-refractivity contribution is 5.80. The maximum atomic E-state index is 12.7. The van der Waals surface area contributed by atoms with Gasteiger partial charge in [-0.2, -0.15) is 39.5 Å². The summed E-state index contributed by atoms with van der Waals surface area (Å²) in [4.78, 5) is 24.1. The molecule has 0 spiro atoms. The maximum absolute atomic E-state index is 12.7. The van der Waals surface area contributed by atoms with E-state index in [1.54, 1.807) is 0 Å². The fourth-order valence-electron chi connectivity index (χ4n) is 2.46. The van der Waals surface area contributed by atoms with E-state index in [1.165, 1.54) is 30.3 Å². The molecule has 0 saturated heterocycles.